The van der Waals surface area contributed by atoms with Crippen LogP contribution in [0.25, 0.3) is 0 Å². The van der Waals surface area contributed by atoms with E-state index in [1.807, 2.05) is 54.6 Å². The predicted octanol–water partition coefficient (Wildman–Crippen LogP) is 3.74. The van der Waals surface area contributed by atoms with Gasteiger partial charge < -0.3 is 9.47 Å². The minimum Gasteiger partial charge on any atom is -0.497 e. The number of rotatable bonds is 5. The van der Waals surface area contributed by atoms with Crippen LogP contribution in [0.2, 0.25) is 0 Å². The first-order chi connectivity index (χ1) is 12.7. The topological polar surface area (TPSA) is 53.4 Å². The van der Waals surface area contributed by atoms with Gasteiger partial charge in [0, 0.05) is 18.7 Å². The number of fused-ring (bicyclic) bond motifs is 1. The third-order valence-electron chi connectivity index (χ3n) is 4.23. The number of hydrogen-bond donors (Lipinski definition) is 0. The molecule has 0 spiro atoms. The summed E-state index contributed by atoms with van der Waals surface area (Å²) in [5.41, 5.74) is 1.56. The molecule has 2 aromatic carbocycles. The molecular formula is C20H18N2O3S. The van der Waals surface area contributed by atoms with Crippen LogP contribution >= 0.6 is 11.8 Å². The lowest BCUT2D eigenvalue weighted by atomic mass is 10.1. The highest BCUT2D eigenvalue weighted by atomic mass is 32.2. The molecule has 6 heteroatoms. The fraction of sp³-hybridized carbons (Fsp3) is 0.200. The number of ether oxygens (including phenoxy) is 2. The molecule has 1 aliphatic rings. The highest BCUT2D eigenvalue weighted by molar-refractivity contribution is 7.99. The molecule has 0 atom stereocenters. The van der Waals surface area contributed by atoms with Gasteiger partial charge in [0.05, 0.1) is 12.7 Å². The first-order valence-electron chi connectivity index (χ1n) is 8.37. The summed E-state index contributed by atoms with van der Waals surface area (Å²) in [6, 6.07) is 17.1. The van der Waals surface area contributed by atoms with Gasteiger partial charge in [-0.3, -0.25) is 9.36 Å². The Hall–Kier alpha value is -2.73. The third-order valence-corrected chi connectivity index (χ3v) is 5.19. The monoisotopic (exact) mass is 366 g/mol. The van der Waals surface area contributed by atoms with Gasteiger partial charge >= 0.3 is 0 Å². The summed E-state index contributed by atoms with van der Waals surface area (Å²) in [6.07, 6.45) is 0.461. The average molecular weight is 366 g/mol. The van der Waals surface area contributed by atoms with Crippen LogP contribution in [-0.4, -0.2) is 22.4 Å². The molecule has 0 saturated carbocycles. The summed E-state index contributed by atoms with van der Waals surface area (Å²) >= 11 is 1.58. The zero-order valence-corrected chi connectivity index (χ0v) is 15.2. The minimum atomic E-state index is -0.0262. The van der Waals surface area contributed by atoms with Crippen molar-refractivity contribution in [3.05, 3.63) is 76.1 Å². The molecule has 132 valence electrons. The van der Waals surface area contributed by atoms with Crippen molar-refractivity contribution in [3.63, 3.8) is 0 Å². The highest BCUT2D eigenvalue weighted by Gasteiger charge is 2.22. The van der Waals surface area contributed by atoms with Gasteiger partial charge in [-0.05, 0) is 29.8 Å². The van der Waals surface area contributed by atoms with Crippen LogP contribution in [0.5, 0.6) is 17.4 Å². The average Bonchev–Trinajstić information content (AvgIpc) is 3.15. The van der Waals surface area contributed by atoms with Gasteiger partial charge in [0.1, 0.15) is 11.5 Å². The maximum atomic E-state index is 13.0. The number of para-hydroxylation sites is 1. The van der Waals surface area contributed by atoms with Gasteiger partial charge in [-0.1, -0.05) is 42.1 Å². The Balaban J connectivity index is 1.74. The van der Waals surface area contributed by atoms with Gasteiger partial charge in [-0.2, -0.15) is 4.98 Å². The second kappa shape index (κ2) is 7.25. The SMILES string of the molecule is COc1ccc(Cc2c(Oc3ccccc3)nc3n(c2=O)CCS3)cc1. The van der Waals surface area contributed by atoms with Crippen LogP contribution in [0.4, 0.5) is 0 Å². The lowest BCUT2D eigenvalue weighted by Crippen LogP contribution is -2.25. The molecule has 0 radical (unpaired) electrons. The molecule has 5 nitrogen and oxygen atoms in total. The molecule has 0 unspecified atom stereocenters. The number of thioether (sulfide) groups is 1. The van der Waals surface area contributed by atoms with Crippen molar-refractivity contribution in [2.45, 2.75) is 18.1 Å². The minimum absolute atomic E-state index is 0.0262. The van der Waals surface area contributed by atoms with E-state index in [2.05, 4.69) is 4.98 Å². The lowest BCUT2D eigenvalue weighted by Gasteiger charge is -2.13. The molecule has 2 heterocycles. The first-order valence-corrected chi connectivity index (χ1v) is 9.35. The van der Waals surface area contributed by atoms with E-state index in [4.69, 9.17) is 9.47 Å². The highest BCUT2D eigenvalue weighted by Crippen LogP contribution is 2.29. The second-order valence-corrected chi connectivity index (χ2v) is 6.99. The van der Waals surface area contributed by atoms with Crippen LogP contribution in [0.15, 0.2) is 64.5 Å². The van der Waals surface area contributed by atoms with Crippen molar-refractivity contribution in [1.82, 2.24) is 9.55 Å². The molecule has 1 aromatic heterocycles. The maximum absolute atomic E-state index is 13.0. The van der Waals surface area contributed by atoms with Crippen molar-refractivity contribution in [2.75, 3.05) is 12.9 Å². The van der Waals surface area contributed by atoms with E-state index in [9.17, 15) is 4.79 Å². The van der Waals surface area contributed by atoms with Crippen LogP contribution in [-0.2, 0) is 13.0 Å². The Morgan fingerprint density at radius 1 is 1.08 bits per heavy atom. The maximum Gasteiger partial charge on any atom is 0.261 e. The Morgan fingerprint density at radius 3 is 2.58 bits per heavy atom. The summed E-state index contributed by atoms with van der Waals surface area (Å²) < 4.78 is 12.9. The molecule has 0 fully saturated rings. The van der Waals surface area contributed by atoms with Crippen LogP contribution in [0, 0.1) is 0 Å². The van der Waals surface area contributed by atoms with Gasteiger partial charge in [-0.25, -0.2) is 0 Å². The normalized spacial score (nSPS) is 12.7. The predicted molar refractivity (Wildman–Crippen MR) is 102 cm³/mol. The molecular weight excluding hydrogens is 348 g/mol. The number of methoxy groups -OCH3 is 1. The summed E-state index contributed by atoms with van der Waals surface area (Å²) in [6.45, 7) is 0.688. The summed E-state index contributed by atoms with van der Waals surface area (Å²) in [4.78, 5) is 17.6. The fourth-order valence-corrected chi connectivity index (χ4v) is 3.81. The van der Waals surface area contributed by atoms with E-state index in [1.54, 1.807) is 23.4 Å². The zero-order valence-electron chi connectivity index (χ0n) is 14.3. The largest absolute Gasteiger partial charge is 0.497 e. The van der Waals surface area contributed by atoms with Gasteiger partial charge in [-0.15, -0.1) is 0 Å². The Labute approximate surface area is 155 Å². The lowest BCUT2D eigenvalue weighted by molar-refractivity contribution is 0.414. The number of hydrogen-bond acceptors (Lipinski definition) is 5. The number of aromatic nitrogens is 2. The van der Waals surface area contributed by atoms with E-state index in [1.165, 1.54) is 0 Å². The van der Waals surface area contributed by atoms with Crippen LogP contribution in [0.1, 0.15) is 11.1 Å². The van der Waals surface area contributed by atoms with Crippen molar-refractivity contribution in [1.29, 1.82) is 0 Å². The fourth-order valence-electron chi connectivity index (χ4n) is 2.87. The molecule has 26 heavy (non-hydrogen) atoms. The van der Waals surface area contributed by atoms with Gasteiger partial charge in [0.2, 0.25) is 5.88 Å². The molecule has 0 saturated heterocycles. The van der Waals surface area contributed by atoms with Gasteiger partial charge in [0.15, 0.2) is 5.16 Å². The standard InChI is InChI=1S/C20H18N2O3S/c1-24-15-9-7-14(8-10-15)13-17-18(25-16-5-3-2-4-6-16)21-20-22(19(17)23)11-12-26-20/h2-10H,11-13H2,1H3. The number of nitrogens with zero attached hydrogens (tertiary/aromatic N) is 2. The third kappa shape index (κ3) is 3.32. The van der Waals surface area contributed by atoms with E-state index in [0.29, 0.717) is 30.2 Å². The summed E-state index contributed by atoms with van der Waals surface area (Å²) in [5.74, 6) is 2.70. The van der Waals surface area contributed by atoms with Crippen molar-refractivity contribution in [3.8, 4) is 17.4 Å². The second-order valence-electron chi connectivity index (χ2n) is 5.92. The molecule has 0 N–H and O–H groups in total. The number of benzene rings is 2. The Bertz CT molecular complexity index is 969. The molecule has 0 aliphatic carbocycles. The smallest absolute Gasteiger partial charge is 0.261 e. The summed E-state index contributed by atoms with van der Waals surface area (Å²) in [7, 11) is 1.63. The van der Waals surface area contributed by atoms with E-state index >= 15 is 0 Å². The Kier molecular flexibility index (Phi) is 4.67. The van der Waals surface area contributed by atoms with Crippen molar-refractivity contribution in [2.24, 2.45) is 0 Å². The summed E-state index contributed by atoms with van der Waals surface area (Å²) in [5, 5.41) is 0.722. The van der Waals surface area contributed by atoms with Crippen LogP contribution in [0.3, 0.4) is 0 Å². The molecule has 0 amide bonds. The molecule has 1 aliphatic heterocycles. The zero-order chi connectivity index (χ0) is 17.9. The molecule has 4 rings (SSSR count). The molecule has 3 aromatic rings. The van der Waals surface area contributed by atoms with E-state index < -0.39 is 0 Å². The van der Waals surface area contributed by atoms with E-state index in [0.717, 1.165) is 22.2 Å². The first kappa shape index (κ1) is 16.7. The van der Waals surface area contributed by atoms with Crippen molar-refractivity contribution < 1.29 is 9.47 Å². The van der Waals surface area contributed by atoms with Crippen molar-refractivity contribution >= 4 is 11.8 Å². The van der Waals surface area contributed by atoms with Crippen LogP contribution < -0.4 is 15.0 Å². The molecule has 0 bridgehead atoms. The Morgan fingerprint density at radius 2 is 1.85 bits per heavy atom. The van der Waals surface area contributed by atoms with Gasteiger partial charge in [0.25, 0.3) is 5.56 Å². The quantitative estimate of drug-likeness (QED) is 0.644. The van der Waals surface area contributed by atoms with E-state index in [-0.39, 0.29) is 5.56 Å².